The van der Waals surface area contributed by atoms with Gasteiger partial charge in [-0.05, 0) is 18.9 Å². The first-order valence-electron chi connectivity index (χ1n) is 5.89. The SMILES string of the molecule is CCCCCCCCS(C)(C)OC(C)=O. The van der Waals surface area contributed by atoms with Gasteiger partial charge in [0.05, 0.1) is 0 Å². The highest BCUT2D eigenvalue weighted by Crippen LogP contribution is 2.42. The fraction of sp³-hybridized carbons (Fsp3) is 0.917. The third kappa shape index (κ3) is 10.1. The van der Waals surface area contributed by atoms with Gasteiger partial charge in [-0.3, -0.25) is 4.79 Å². The van der Waals surface area contributed by atoms with E-state index in [2.05, 4.69) is 19.4 Å². The molecule has 0 spiro atoms. The first-order chi connectivity index (χ1) is 6.98. The second kappa shape index (κ2) is 8.03. The smallest absolute Gasteiger partial charge is 0.313 e. The van der Waals surface area contributed by atoms with Crippen molar-refractivity contribution >= 4 is 16.3 Å². The van der Waals surface area contributed by atoms with Gasteiger partial charge in [0.25, 0.3) is 0 Å². The number of rotatable bonds is 8. The van der Waals surface area contributed by atoms with Gasteiger partial charge >= 0.3 is 5.97 Å². The van der Waals surface area contributed by atoms with Crippen molar-refractivity contribution in [3.8, 4) is 0 Å². The fourth-order valence-electron chi connectivity index (χ4n) is 1.59. The molecule has 0 aliphatic heterocycles. The number of hydrogen-bond donors (Lipinski definition) is 0. The van der Waals surface area contributed by atoms with E-state index in [-0.39, 0.29) is 5.97 Å². The van der Waals surface area contributed by atoms with E-state index in [0.717, 1.165) is 5.75 Å². The Kier molecular flexibility index (Phi) is 7.93. The summed E-state index contributed by atoms with van der Waals surface area (Å²) in [5.41, 5.74) is 0. The van der Waals surface area contributed by atoms with E-state index in [1.165, 1.54) is 45.4 Å². The lowest BCUT2D eigenvalue weighted by molar-refractivity contribution is -0.130. The second-order valence-electron chi connectivity index (χ2n) is 4.48. The summed E-state index contributed by atoms with van der Waals surface area (Å²) in [6, 6.07) is 0. The molecule has 0 saturated carbocycles. The highest BCUT2D eigenvalue weighted by molar-refractivity contribution is 8.29. The first-order valence-corrected chi connectivity index (χ1v) is 8.43. The number of carbonyl (C=O) groups excluding carboxylic acids is 1. The van der Waals surface area contributed by atoms with Gasteiger partial charge in [-0.2, -0.15) is 0 Å². The molecule has 0 aromatic heterocycles. The van der Waals surface area contributed by atoms with E-state index >= 15 is 0 Å². The van der Waals surface area contributed by atoms with Crippen LogP contribution in [0.15, 0.2) is 0 Å². The van der Waals surface area contributed by atoms with Crippen molar-refractivity contribution in [1.29, 1.82) is 0 Å². The first kappa shape index (κ1) is 14.8. The molecule has 0 radical (unpaired) electrons. The molecule has 3 heteroatoms. The van der Waals surface area contributed by atoms with Crippen molar-refractivity contribution in [2.24, 2.45) is 0 Å². The summed E-state index contributed by atoms with van der Waals surface area (Å²) in [6.45, 7) is 3.73. The van der Waals surface area contributed by atoms with Crippen LogP contribution < -0.4 is 0 Å². The molecule has 15 heavy (non-hydrogen) atoms. The predicted molar refractivity (Wildman–Crippen MR) is 69.4 cm³/mol. The van der Waals surface area contributed by atoms with Crippen LogP contribution in [0.25, 0.3) is 0 Å². The van der Waals surface area contributed by atoms with Crippen molar-refractivity contribution in [1.82, 2.24) is 0 Å². The molecule has 2 nitrogen and oxygen atoms in total. The Balaban J connectivity index is 3.44. The molecule has 0 heterocycles. The fourth-order valence-corrected chi connectivity index (χ4v) is 3.21. The Bertz CT molecular complexity index is 178. The molecule has 0 aliphatic rings. The number of unbranched alkanes of at least 4 members (excludes halogenated alkanes) is 5. The van der Waals surface area contributed by atoms with Gasteiger partial charge in [-0.25, -0.2) is 0 Å². The zero-order valence-corrected chi connectivity index (χ0v) is 11.5. The molecule has 0 fully saturated rings. The number of carbonyl (C=O) groups is 1. The Hall–Kier alpha value is -0.180. The van der Waals surface area contributed by atoms with Crippen LogP contribution in [0.5, 0.6) is 0 Å². The Morgan fingerprint density at radius 1 is 1.07 bits per heavy atom. The minimum atomic E-state index is -1.12. The summed E-state index contributed by atoms with van der Waals surface area (Å²) in [6.07, 6.45) is 11.9. The molecule has 0 atom stereocenters. The predicted octanol–water partition coefficient (Wildman–Crippen LogP) is 3.89. The summed E-state index contributed by atoms with van der Waals surface area (Å²) >= 11 is 0. The molecule has 92 valence electrons. The van der Waals surface area contributed by atoms with Gasteiger partial charge < -0.3 is 4.18 Å². The molecule has 0 N–H and O–H groups in total. The summed E-state index contributed by atoms with van der Waals surface area (Å²) in [4.78, 5) is 10.8. The van der Waals surface area contributed by atoms with Gasteiger partial charge in [0, 0.05) is 12.7 Å². The molecule has 0 bridgehead atoms. The minimum Gasteiger partial charge on any atom is -0.416 e. The monoisotopic (exact) mass is 234 g/mol. The van der Waals surface area contributed by atoms with Crippen molar-refractivity contribution in [3.05, 3.63) is 0 Å². The van der Waals surface area contributed by atoms with Gasteiger partial charge in [0.2, 0.25) is 0 Å². The van der Waals surface area contributed by atoms with Gasteiger partial charge in [-0.1, -0.05) is 49.3 Å². The van der Waals surface area contributed by atoms with Crippen molar-refractivity contribution in [2.45, 2.75) is 52.4 Å². The standard InChI is InChI=1S/C12H26O2S/c1-5-6-7-8-9-10-11-15(3,4)14-12(2)13/h5-11H2,1-4H3. The van der Waals surface area contributed by atoms with E-state index in [0.29, 0.717) is 0 Å². The third-order valence-corrected chi connectivity index (χ3v) is 4.29. The Morgan fingerprint density at radius 3 is 2.13 bits per heavy atom. The normalized spacial score (nSPS) is 12.5. The van der Waals surface area contributed by atoms with Gasteiger partial charge in [-0.15, -0.1) is 0 Å². The van der Waals surface area contributed by atoms with Crippen LogP contribution in [0.1, 0.15) is 52.4 Å². The topological polar surface area (TPSA) is 26.3 Å². The van der Waals surface area contributed by atoms with Crippen LogP contribution in [0, 0.1) is 0 Å². The zero-order valence-electron chi connectivity index (χ0n) is 10.7. The van der Waals surface area contributed by atoms with Crippen molar-refractivity contribution in [3.63, 3.8) is 0 Å². The van der Waals surface area contributed by atoms with E-state index in [1.807, 2.05) is 0 Å². The molecule has 0 aromatic carbocycles. The molecule has 0 amide bonds. The van der Waals surface area contributed by atoms with E-state index in [9.17, 15) is 4.79 Å². The second-order valence-corrected chi connectivity index (χ2v) is 7.93. The van der Waals surface area contributed by atoms with Gasteiger partial charge in [0.1, 0.15) is 0 Å². The van der Waals surface area contributed by atoms with Crippen LogP contribution in [-0.2, 0) is 8.98 Å². The van der Waals surface area contributed by atoms with Crippen LogP contribution >= 0.6 is 10.3 Å². The Morgan fingerprint density at radius 2 is 1.60 bits per heavy atom. The third-order valence-electron chi connectivity index (χ3n) is 2.33. The van der Waals surface area contributed by atoms with Crippen molar-refractivity contribution in [2.75, 3.05) is 18.3 Å². The van der Waals surface area contributed by atoms with Crippen LogP contribution in [0.4, 0.5) is 0 Å². The highest BCUT2D eigenvalue weighted by Gasteiger charge is 2.14. The summed E-state index contributed by atoms with van der Waals surface area (Å²) in [7, 11) is -1.12. The zero-order chi connectivity index (χ0) is 11.7. The molecular formula is C12H26O2S. The maximum absolute atomic E-state index is 10.8. The summed E-state index contributed by atoms with van der Waals surface area (Å²) in [5.74, 6) is 0.916. The summed E-state index contributed by atoms with van der Waals surface area (Å²) < 4.78 is 5.31. The lowest BCUT2D eigenvalue weighted by Gasteiger charge is -2.29. The van der Waals surface area contributed by atoms with E-state index < -0.39 is 10.3 Å². The highest BCUT2D eigenvalue weighted by atomic mass is 32.3. The summed E-state index contributed by atoms with van der Waals surface area (Å²) in [5, 5.41) is 0. The quantitative estimate of drug-likeness (QED) is 0.596. The molecule has 0 aliphatic carbocycles. The maximum Gasteiger partial charge on any atom is 0.313 e. The molecule has 0 saturated heterocycles. The van der Waals surface area contributed by atoms with Gasteiger partial charge in [0.15, 0.2) is 0 Å². The lowest BCUT2D eigenvalue weighted by Crippen LogP contribution is -2.09. The van der Waals surface area contributed by atoms with E-state index in [4.69, 9.17) is 4.18 Å². The Labute approximate surface area is 96.3 Å². The molecule has 0 aromatic rings. The largest absolute Gasteiger partial charge is 0.416 e. The van der Waals surface area contributed by atoms with Crippen LogP contribution in [0.3, 0.4) is 0 Å². The molecular weight excluding hydrogens is 208 g/mol. The molecule has 0 rings (SSSR count). The van der Waals surface area contributed by atoms with Crippen LogP contribution in [-0.4, -0.2) is 24.2 Å². The average Bonchev–Trinajstić information content (AvgIpc) is 2.08. The number of hydrogen-bond acceptors (Lipinski definition) is 2. The minimum absolute atomic E-state index is 0.138. The molecule has 0 unspecified atom stereocenters. The van der Waals surface area contributed by atoms with E-state index in [1.54, 1.807) is 0 Å². The average molecular weight is 234 g/mol. The maximum atomic E-state index is 10.8. The van der Waals surface area contributed by atoms with Crippen molar-refractivity contribution < 1.29 is 8.98 Å². The van der Waals surface area contributed by atoms with Crippen LogP contribution in [0.2, 0.25) is 0 Å². The lowest BCUT2D eigenvalue weighted by atomic mass is 10.1.